The Balaban J connectivity index is 2.13. The van der Waals surface area contributed by atoms with Crippen LogP contribution in [0, 0.1) is 3.57 Å². The lowest BCUT2D eigenvalue weighted by molar-refractivity contribution is 0.0696. The number of hydrogen-bond acceptors (Lipinski definition) is 3. The number of carbonyl (C=O) groups is 1. The quantitative estimate of drug-likeness (QED) is 0.843. The number of aromatic nitrogens is 1. The van der Waals surface area contributed by atoms with Gasteiger partial charge in [-0.1, -0.05) is 0 Å². The number of aromatic carboxylic acids is 1. The first-order valence-electron chi connectivity index (χ1n) is 4.87. The van der Waals surface area contributed by atoms with Crippen molar-refractivity contribution in [2.45, 2.75) is 0 Å². The van der Waals surface area contributed by atoms with Gasteiger partial charge in [-0.15, -0.1) is 0 Å². The molecule has 0 saturated heterocycles. The van der Waals surface area contributed by atoms with Gasteiger partial charge in [-0.25, -0.2) is 9.78 Å². The number of anilines is 2. The van der Waals surface area contributed by atoms with Gasteiger partial charge in [-0.2, -0.15) is 0 Å². The van der Waals surface area contributed by atoms with E-state index in [4.69, 9.17) is 5.11 Å². The van der Waals surface area contributed by atoms with Crippen molar-refractivity contribution in [1.29, 1.82) is 0 Å². The van der Waals surface area contributed by atoms with E-state index in [0.29, 0.717) is 5.82 Å². The monoisotopic (exact) mass is 340 g/mol. The normalized spacial score (nSPS) is 9.94. The SMILES string of the molecule is O=C(O)c1ccc(Nc2ccc(I)cc2)nc1. The van der Waals surface area contributed by atoms with E-state index in [9.17, 15) is 4.79 Å². The van der Waals surface area contributed by atoms with Gasteiger partial charge in [0, 0.05) is 15.5 Å². The molecule has 0 spiro atoms. The standard InChI is InChI=1S/C12H9IN2O2/c13-9-2-4-10(5-3-9)15-11-6-1-8(7-14-11)12(16)17/h1-7H,(H,14,15)(H,16,17). The minimum Gasteiger partial charge on any atom is -0.478 e. The second kappa shape index (κ2) is 5.13. The molecule has 0 fully saturated rings. The van der Waals surface area contributed by atoms with Crippen LogP contribution in [0.2, 0.25) is 0 Å². The molecule has 0 atom stereocenters. The number of halogens is 1. The average molecular weight is 340 g/mol. The molecular formula is C12H9IN2O2. The lowest BCUT2D eigenvalue weighted by Crippen LogP contribution is -1.99. The van der Waals surface area contributed by atoms with Crippen molar-refractivity contribution in [3.8, 4) is 0 Å². The summed E-state index contributed by atoms with van der Waals surface area (Å²) in [6.45, 7) is 0. The molecule has 2 rings (SSSR count). The molecule has 0 radical (unpaired) electrons. The Morgan fingerprint density at radius 2 is 1.88 bits per heavy atom. The van der Waals surface area contributed by atoms with E-state index in [1.54, 1.807) is 6.07 Å². The summed E-state index contributed by atoms with van der Waals surface area (Å²) in [5.74, 6) is -0.352. The van der Waals surface area contributed by atoms with Crippen LogP contribution >= 0.6 is 22.6 Å². The predicted molar refractivity (Wildman–Crippen MR) is 73.6 cm³/mol. The van der Waals surface area contributed by atoms with E-state index in [-0.39, 0.29) is 5.56 Å². The van der Waals surface area contributed by atoms with Crippen molar-refractivity contribution in [2.75, 3.05) is 5.32 Å². The highest BCUT2D eigenvalue weighted by Crippen LogP contribution is 2.16. The van der Waals surface area contributed by atoms with Crippen LogP contribution in [0.4, 0.5) is 11.5 Å². The maximum Gasteiger partial charge on any atom is 0.337 e. The first kappa shape index (κ1) is 11.8. The third-order valence-corrected chi connectivity index (χ3v) is 2.85. The van der Waals surface area contributed by atoms with Gasteiger partial charge < -0.3 is 10.4 Å². The Bertz CT molecular complexity index is 523. The van der Waals surface area contributed by atoms with Gasteiger partial charge in [0.1, 0.15) is 5.82 Å². The number of nitrogens with zero attached hydrogens (tertiary/aromatic N) is 1. The van der Waals surface area contributed by atoms with Gasteiger partial charge >= 0.3 is 5.97 Å². The lowest BCUT2D eigenvalue weighted by Gasteiger charge is -2.05. The molecule has 0 saturated carbocycles. The fraction of sp³-hybridized carbons (Fsp3) is 0. The maximum absolute atomic E-state index is 10.6. The summed E-state index contributed by atoms with van der Waals surface area (Å²) in [5, 5.41) is 11.8. The summed E-state index contributed by atoms with van der Waals surface area (Å²) in [6.07, 6.45) is 1.33. The molecule has 4 nitrogen and oxygen atoms in total. The number of rotatable bonds is 3. The van der Waals surface area contributed by atoms with Gasteiger partial charge in [-0.05, 0) is 59.0 Å². The number of carboxylic acids is 1. The number of hydrogen-bond donors (Lipinski definition) is 2. The van der Waals surface area contributed by atoms with Gasteiger partial charge in [0.2, 0.25) is 0 Å². The zero-order valence-electron chi connectivity index (χ0n) is 8.72. The summed E-state index contributed by atoms with van der Waals surface area (Å²) >= 11 is 2.23. The number of carboxylic acid groups (broad SMARTS) is 1. The van der Waals surface area contributed by atoms with Crippen LogP contribution in [0.5, 0.6) is 0 Å². The molecule has 2 N–H and O–H groups in total. The molecule has 0 bridgehead atoms. The summed E-state index contributed by atoms with van der Waals surface area (Å²) in [7, 11) is 0. The van der Waals surface area contributed by atoms with Crippen LogP contribution in [-0.4, -0.2) is 16.1 Å². The first-order valence-corrected chi connectivity index (χ1v) is 5.95. The minimum absolute atomic E-state index is 0.179. The molecule has 0 aliphatic heterocycles. The van der Waals surface area contributed by atoms with E-state index in [1.165, 1.54) is 12.3 Å². The zero-order chi connectivity index (χ0) is 12.3. The average Bonchev–Trinajstić information content (AvgIpc) is 2.33. The van der Waals surface area contributed by atoms with Crippen molar-refractivity contribution in [3.05, 3.63) is 51.7 Å². The highest BCUT2D eigenvalue weighted by atomic mass is 127. The molecule has 86 valence electrons. The Kier molecular flexibility index (Phi) is 3.58. The Hall–Kier alpha value is -1.63. The van der Waals surface area contributed by atoms with Crippen molar-refractivity contribution < 1.29 is 9.90 Å². The molecule has 17 heavy (non-hydrogen) atoms. The predicted octanol–water partition coefficient (Wildman–Crippen LogP) is 3.13. The van der Waals surface area contributed by atoms with Crippen molar-refractivity contribution >= 4 is 40.1 Å². The van der Waals surface area contributed by atoms with Gasteiger partial charge in [-0.3, -0.25) is 0 Å². The van der Waals surface area contributed by atoms with Gasteiger partial charge in [0.05, 0.1) is 5.56 Å². The topological polar surface area (TPSA) is 62.2 Å². The Morgan fingerprint density at radius 3 is 2.41 bits per heavy atom. The van der Waals surface area contributed by atoms with Crippen LogP contribution in [-0.2, 0) is 0 Å². The molecule has 1 heterocycles. The number of pyridine rings is 1. The maximum atomic E-state index is 10.6. The van der Waals surface area contributed by atoms with Crippen LogP contribution in [0.1, 0.15) is 10.4 Å². The number of nitrogens with one attached hydrogen (secondary N) is 1. The Labute approximate surface area is 112 Å². The molecule has 0 amide bonds. The fourth-order valence-electron chi connectivity index (χ4n) is 1.28. The van der Waals surface area contributed by atoms with Gasteiger partial charge in [0.15, 0.2) is 0 Å². The molecule has 2 aromatic rings. The van der Waals surface area contributed by atoms with Crippen molar-refractivity contribution in [3.63, 3.8) is 0 Å². The lowest BCUT2D eigenvalue weighted by atomic mass is 10.3. The second-order valence-corrected chi connectivity index (χ2v) is 4.61. The van der Waals surface area contributed by atoms with E-state index in [2.05, 4.69) is 32.9 Å². The molecular weight excluding hydrogens is 331 g/mol. The van der Waals surface area contributed by atoms with Crippen LogP contribution in [0.25, 0.3) is 0 Å². The summed E-state index contributed by atoms with van der Waals surface area (Å²) in [6, 6.07) is 11.0. The van der Waals surface area contributed by atoms with E-state index in [1.807, 2.05) is 24.3 Å². The first-order chi connectivity index (χ1) is 8.15. The Morgan fingerprint density at radius 1 is 1.18 bits per heavy atom. The van der Waals surface area contributed by atoms with Crippen molar-refractivity contribution in [1.82, 2.24) is 4.98 Å². The number of benzene rings is 1. The van der Waals surface area contributed by atoms with Crippen LogP contribution < -0.4 is 5.32 Å². The summed E-state index contributed by atoms with van der Waals surface area (Å²) in [5.41, 5.74) is 1.10. The fourth-order valence-corrected chi connectivity index (χ4v) is 1.64. The zero-order valence-corrected chi connectivity index (χ0v) is 10.9. The van der Waals surface area contributed by atoms with E-state index < -0.39 is 5.97 Å². The summed E-state index contributed by atoms with van der Waals surface area (Å²) < 4.78 is 1.15. The largest absolute Gasteiger partial charge is 0.478 e. The molecule has 5 heteroatoms. The molecule has 1 aromatic carbocycles. The van der Waals surface area contributed by atoms with E-state index >= 15 is 0 Å². The van der Waals surface area contributed by atoms with Crippen molar-refractivity contribution in [2.24, 2.45) is 0 Å². The van der Waals surface area contributed by atoms with E-state index in [0.717, 1.165) is 9.26 Å². The van der Waals surface area contributed by atoms with Crippen LogP contribution in [0.15, 0.2) is 42.6 Å². The van der Waals surface area contributed by atoms with Gasteiger partial charge in [0.25, 0.3) is 0 Å². The summed E-state index contributed by atoms with van der Waals surface area (Å²) in [4.78, 5) is 14.7. The highest BCUT2D eigenvalue weighted by Gasteiger charge is 2.02. The molecule has 1 aromatic heterocycles. The van der Waals surface area contributed by atoms with Crippen LogP contribution in [0.3, 0.4) is 0 Å². The highest BCUT2D eigenvalue weighted by molar-refractivity contribution is 14.1. The molecule has 0 aliphatic rings. The third-order valence-electron chi connectivity index (χ3n) is 2.13. The third kappa shape index (κ3) is 3.16. The smallest absolute Gasteiger partial charge is 0.337 e. The molecule has 0 aliphatic carbocycles. The minimum atomic E-state index is -0.974. The second-order valence-electron chi connectivity index (χ2n) is 3.37. The molecule has 0 unspecified atom stereocenters.